The van der Waals surface area contributed by atoms with Crippen LogP contribution in [-0.4, -0.2) is 33.1 Å². The maximum atomic E-state index is 11.7. The minimum Gasteiger partial charge on any atom is -0.448 e. The number of aromatic nitrogens is 3. The molecule has 10 nitrogen and oxygen atoms in total. The van der Waals surface area contributed by atoms with Crippen LogP contribution in [0, 0.1) is 12.3 Å². The Hall–Kier alpha value is -4.39. The van der Waals surface area contributed by atoms with Crippen LogP contribution in [0.3, 0.4) is 0 Å². The van der Waals surface area contributed by atoms with E-state index < -0.39 is 11.8 Å². The van der Waals surface area contributed by atoms with E-state index in [0.717, 1.165) is 0 Å². The van der Waals surface area contributed by atoms with Crippen LogP contribution in [0.25, 0.3) is 0 Å². The first-order chi connectivity index (χ1) is 15.1. The number of anilines is 1. The molecule has 0 fully saturated rings. The van der Waals surface area contributed by atoms with Crippen LogP contribution >= 0.6 is 0 Å². The molecule has 0 saturated carbocycles. The molecule has 1 N–H and O–H groups in total. The molecule has 0 saturated heterocycles. The SMILES string of the molecule is C#CCCOC(=O)Nc1cccc(CO/N=C(/c2ccccc2)c2noc(=O)n2C)n1. The van der Waals surface area contributed by atoms with Crippen molar-refractivity contribution in [3.63, 3.8) is 0 Å². The van der Waals surface area contributed by atoms with Gasteiger partial charge in [-0.05, 0) is 12.1 Å². The van der Waals surface area contributed by atoms with E-state index >= 15 is 0 Å². The maximum Gasteiger partial charge on any atom is 0.441 e. The molecule has 0 aliphatic rings. The molecule has 158 valence electrons. The van der Waals surface area contributed by atoms with Crippen LogP contribution in [0.4, 0.5) is 10.6 Å². The van der Waals surface area contributed by atoms with Gasteiger partial charge in [0.25, 0.3) is 0 Å². The van der Waals surface area contributed by atoms with Crippen molar-refractivity contribution in [1.29, 1.82) is 0 Å². The Morgan fingerprint density at radius 2 is 2.06 bits per heavy atom. The summed E-state index contributed by atoms with van der Waals surface area (Å²) in [6.07, 6.45) is 4.79. The lowest BCUT2D eigenvalue weighted by atomic mass is 10.1. The summed E-state index contributed by atoms with van der Waals surface area (Å²) >= 11 is 0. The third-order valence-electron chi connectivity index (χ3n) is 3.95. The van der Waals surface area contributed by atoms with Crippen molar-refractivity contribution in [2.75, 3.05) is 11.9 Å². The van der Waals surface area contributed by atoms with Crippen molar-refractivity contribution in [2.45, 2.75) is 13.0 Å². The Bertz CT molecular complexity index is 1160. The first kappa shape index (κ1) is 21.3. The van der Waals surface area contributed by atoms with Gasteiger partial charge in [-0.1, -0.05) is 46.7 Å². The monoisotopic (exact) mass is 421 g/mol. The standard InChI is InChI=1S/C21H19N5O5/c1-3-4-13-29-20(27)23-17-12-8-11-16(22-17)14-30-24-18(15-9-6-5-7-10-15)19-25-31-21(28)26(19)2/h1,5-12H,4,13-14H2,2H3,(H,22,23,27)/b24-18-. The third-order valence-corrected chi connectivity index (χ3v) is 3.95. The summed E-state index contributed by atoms with van der Waals surface area (Å²) in [6.45, 7) is 0.121. The van der Waals surface area contributed by atoms with Crippen LogP contribution in [0.2, 0.25) is 0 Å². The number of nitrogens with one attached hydrogen (secondary N) is 1. The molecule has 0 aliphatic carbocycles. The van der Waals surface area contributed by atoms with Crippen LogP contribution in [0.5, 0.6) is 0 Å². The number of pyridine rings is 1. The summed E-state index contributed by atoms with van der Waals surface area (Å²) in [5.41, 5.74) is 1.51. The van der Waals surface area contributed by atoms with Crippen LogP contribution in [-0.2, 0) is 23.2 Å². The highest BCUT2D eigenvalue weighted by Gasteiger charge is 2.17. The second-order valence-electron chi connectivity index (χ2n) is 6.14. The van der Waals surface area contributed by atoms with Gasteiger partial charge in [0.05, 0.1) is 5.69 Å². The molecule has 0 radical (unpaired) electrons. The molecule has 3 rings (SSSR count). The Morgan fingerprint density at radius 3 is 2.77 bits per heavy atom. The van der Waals surface area contributed by atoms with Crippen molar-refractivity contribution in [3.8, 4) is 12.3 Å². The van der Waals surface area contributed by atoms with Crippen molar-refractivity contribution < 1.29 is 18.9 Å². The van der Waals surface area contributed by atoms with Gasteiger partial charge >= 0.3 is 11.8 Å². The lowest BCUT2D eigenvalue weighted by Gasteiger charge is -2.07. The summed E-state index contributed by atoms with van der Waals surface area (Å²) in [4.78, 5) is 33.1. The van der Waals surface area contributed by atoms with E-state index in [1.165, 1.54) is 11.6 Å². The average Bonchev–Trinajstić information content (AvgIpc) is 3.10. The van der Waals surface area contributed by atoms with Gasteiger partial charge < -0.3 is 9.57 Å². The molecule has 2 heterocycles. The molecule has 0 unspecified atom stereocenters. The van der Waals surface area contributed by atoms with Gasteiger partial charge in [0.2, 0.25) is 5.82 Å². The minimum atomic E-state index is -0.655. The zero-order valence-corrected chi connectivity index (χ0v) is 16.6. The van der Waals surface area contributed by atoms with E-state index in [2.05, 4.69) is 26.5 Å². The highest BCUT2D eigenvalue weighted by atomic mass is 16.6. The molecule has 1 aromatic carbocycles. The number of amides is 1. The van der Waals surface area contributed by atoms with E-state index in [4.69, 9.17) is 20.5 Å². The Morgan fingerprint density at radius 1 is 1.26 bits per heavy atom. The predicted octanol–water partition coefficient (Wildman–Crippen LogP) is 2.31. The smallest absolute Gasteiger partial charge is 0.441 e. The molecule has 0 spiro atoms. The predicted molar refractivity (Wildman–Crippen MR) is 111 cm³/mol. The van der Waals surface area contributed by atoms with Gasteiger partial charge in [-0.3, -0.25) is 14.4 Å². The van der Waals surface area contributed by atoms with E-state index in [1.54, 1.807) is 30.3 Å². The summed E-state index contributed by atoms with van der Waals surface area (Å²) < 4.78 is 10.8. The number of benzene rings is 1. The molecule has 31 heavy (non-hydrogen) atoms. The fraction of sp³-hybridized carbons (Fsp3) is 0.190. The Balaban J connectivity index is 1.71. The summed E-state index contributed by atoms with van der Waals surface area (Å²) in [6, 6.07) is 14.1. The molecular formula is C21H19N5O5. The first-order valence-corrected chi connectivity index (χ1v) is 9.20. The van der Waals surface area contributed by atoms with Gasteiger partial charge in [-0.25, -0.2) is 14.6 Å². The fourth-order valence-corrected chi connectivity index (χ4v) is 2.45. The van der Waals surface area contributed by atoms with Crippen molar-refractivity contribution in [2.24, 2.45) is 12.2 Å². The first-order valence-electron chi connectivity index (χ1n) is 9.20. The van der Waals surface area contributed by atoms with Gasteiger partial charge in [-0.2, -0.15) is 0 Å². The fourth-order valence-electron chi connectivity index (χ4n) is 2.45. The summed E-state index contributed by atoms with van der Waals surface area (Å²) in [7, 11) is 1.52. The zero-order chi connectivity index (χ0) is 22.1. The van der Waals surface area contributed by atoms with Crippen molar-refractivity contribution in [1.82, 2.24) is 14.7 Å². The Kier molecular flexibility index (Phi) is 7.16. The highest BCUT2D eigenvalue weighted by molar-refractivity contribution is 6.10. The van der Waals surface area contributed by atoms with Gasteiger partial charge in [0.1, 0.15) is 12.4 Å². The molecule has 2 aromatic heterocycles. The number of hydrogen-bond acceptors (Lipinski definition) is 8. The number of terminal acetylenes is 1. The van der Waals surface area contributed by atoms with Crippen molar-refractivity contribution in [3.05, 3.63) is 76.2 Å². The summed E-state index contributed by atoms with van der Waals surface area (Å²) in [5.74, 6) is 2.27. The number of carbonyl (C=O) groups excluding carboxylic acids is 1. The molecular weight excluding hydrogens is 402 g/mol. The molecule has 0 bridgehead atoms. The zero-order valence-electron chi connectivity index (χ0n) is 16.6. The second-order valence-corrected chi connectivity index (χ2v) is 6.14. The van der Waals surface area contributed by atoms with E-state index in [9.17, 15) is 9.59 Å². The minimum absolute atomic E-state index is 0.00376. The van der Waals surface area contributed by atoms with E-state index in [1.807, 2.05) is 18.2 Å². The highest BCUT2D eigenvalue weighted by Crippen LogP contribution is 2.10. The number of hydrogen-bond donors (Lipinski definition) is 1. The van der Waals surface area contributed by atoms with Crippen LogP contribution < -0.4 is 11.1 Å². The quantitative estimate of drug-likeness (QED) is 0.256. The second kappa shape index (κ2) is 10.4. The number of ether oxygens (including phenoxy) is 1. The Labute approximate surface area is 177 Å². The number of carbonyl (C=O) groups is 1. The van der Waals surface area contributed by atoms with E-state index in [-0.39, 0.29) is 24.9 Å². The number of rotatable bonds is 8. The lowest BCUT2D eigenvalue weighted by molar-refractivity contribution is 0.128. The van der Waals surface area contributed by atoms with Gasteiger partial charge in [-0.15, -0.1) is 12.3 Å². The summed E-state index contributed by atoms with van der Waals surface area (Å²) in [5, 5.41) is 10.4. The topological polar surface area (TPSA) is 121 Å². The van der Waals surface area contributed by atoms with Gasteiger partial charge in [0.15, 0.2) is 12.3 Å². The van der Waals surface area contributed by atoms with Crippen LogP contribution in [0.15, 0.2) is 63.0 Å². The normalized spacial score (nSPS) is 10.9. The molecule has 0 aliphatic heterocycles. The third kappa shape index (κ3) is 5.80. The molecule has 0 atom stereocenters. The average molecular weight is 421 g/mol. The molecule has 1 amide bonds. The molecule has 10 heteroatoms. The maximum absolute atomic E-state index is 11.7. The lowest BCUT2D eigenvalue weighted by Crippen LogP contribution is -2.17. The number of oxime groups is 1. The largest absolute Gasteiger partial charge is 0.448 e. The van der Waals surface area contributed by atoms with Crippen molar-refractivity contribution >= 4 is 17.6 Å². The van der Waals surface area contributed by atoms with Gasteiger partial charge in [0, 0.05) is 19.0 Å². The van der Waals surface area contributed by atoms with Crippen LogP contribution in [0.1, 0.15) is 23.5 Å². The number of nitrogens with zero attached hydrogens (tertiary/aromatic N) is 4. The van der Waals surface area contributed by atoms with E-state index in [0.29, 0.717) is 23.4 Å². The molecule has 3 aromatic rings.